The Morgan fingerprint density at radius 1 is 0.433 bits per heavy atom. The molecule has 23 nitrogen and oxygen atoms in total. The Morgan fingerprint density at radius 3 is 0.900 bits per heavy atom. The van der Waals surface area contributed by atoms with E-state index in [1.54, 1.807) is 0 Å². The van der Waals surface area contributed by atoms with Crippen LogP contribution in [0.15, 0.2) is 0 Å². The molecule has 0 aliphatic carbocycles. The van der Waals surface area contributed by atoms with Gasteiger partial charge in [-0.3, -0.25) is 35.9 Å². The predicted octanol–water partition coefficient (Wildman–Crippen LogP) is -2.14. The Balaban J connectivity index is 5.76. The first kappa shape index (κ1) is 57.4. The van der Waals surface area contributed by atoms with Gasteiger partial charge < -0.3 is 35.5 Å². The van der Waals surface area contributed by atoms with Crippen LogP contribution in [0.25, 0.3) is 0 Å². The third-order valence-corrected chi connectivity index (χ3v) is 9.99. The highest BCUT2D eigenvalue weighted by atomic mass is 32.2. The van der Waals surface area contributed by atoms with Crippen LogP contribution in [0.2, 0.25) is 0 Å². The quantitative estimate of drug-likeness (QED) is 0.0389. The highest BCUT2D eigenvalue weighted by Gasteiger charge is 2.35. The van der Waals surface area contributed by atoms with Crippen molar-refractivity contribution in [2.45, 2.75) is 52.5 Å². The van der Waals surface area contributed by atoms with Crippen molar-refractivity contribution >= 4 is 64.1 Å². The van der Waals surface area contributed by atoms with Crippen LogP contribution < -0.4 is 21.3 Å². The van der Waals surface area contributed by atoms with Crippen LogP contribution in [0.5, 0.6) is 0 Å². The average molecular weight is 949 g/mol. The third kappa shape index (κ3) is 31.3. The van der Waals surface area contributed by atoms with E-state index in [1.807, 2.05) is 0 Å². The molecule has 0 aromatic heterocycles. The van der Waals surface area contributed by atoms with Gasteiger partial charge in [-0.25, -0.2) is 0 Å². The van der Waals surface area contributed by atoms with Crippen molar-refractivity contribution in [1.29, 1.82) is 0 Å². The summed E-state index contributed by atoms with van der Waals surface area (Å²) >= 11 is 0. The fourth-order valence-corrected chi connectivity index (χ4v) is 6.11. The lowest BCUT2D eigenvalue weighted by Crippen LogP contribution is -2.60. The van der Waals surface area contributed by atoms with Gasteiger partial charge in [-0.15, -0.1) is 0 Å². The number of nitrogens with one attached hydrogen (secondary N) is 4. The van der Waals surface area contributed by atoms with Gasteiger partial charge in [-0.1, -0.05) is 27.7 Å². The predicted molar refractivity (Wildman–Crippen MR) is 216 cm³/mol. The number of rotatable bonds is 35. The number of amides is 4. The van der Waals surface area contributed by atoms with E-state index in [4.69, 9.17) is 18.4 Å². The zero-order chi connectivity index (χ0) is 46.2. The van der Waals surface area contributed by atoms with Crippen LogP contribution in [0.4, 0.5) is 0 Å². The van der Waals surface area contributed by atoms with E-state index in [2.05, 4.69) is 33.8 Å². The minimum Gasteiger partial charge on any atom is -0.379 e. The first-order chi connectivity index (χ1) is 27.5. The molecule has 4 N–H and O–H groups in total. The number of ether oxygens (including phenoxy) is 3. The normalized spacial score (nSPS) is 15.5. The van der Waals surface area contributed by atoms with Gasteiger partial charge in [0.15, 0.2) is 0 Å². The van der Waals surface area contributed by atoms with Crippen LogP contribution in [0.3, 0.4) is 0 Å². The van der Waals surface area contributed by atoms with Crippen molar-refractivity contribution in [3.05, 3.63) is 0 Å². The molecule has 0 rings (SSSR count). The van der Waals surface area contributed by atoms with Crippen molar-refractivity contribution < 1.29 is 83.8 Å². The molecule has 0 heterocycles. The molecule has 0 saturated heterocycles. The summed E-state index contributed by atoms with van der Waals surface area (Å²) in [6.45, 7) is 4.38. The van der Waals surface area contributed by atoms with Crippen molar-refractivity contribution in [3.63, 3.8) is 0 Å². The summed E-state index contributed by atoms with van der Waals surface area (Å²) in [5.41, 5.74) is -1.40. The molecule has 0 aromatic carbocycles. The Kier molecular flexibility index (Phi) is 26.9. The Labute approximate surface area is 354 Å². The smallest absolute Gasteiger partial charge is 0.264 e. The maximum atomic E-state index is 13.4. The SMILES string of the molecule is CC(COS(C)(=O)=O)C(=O)NCCCOCC(COCCCNC(=O)C(C)COS(C)(=O)=O)(COCCCNC(=O)C(C)COS(C)(=O)=O)NC(=O)C(C)COS(C)(=O)=O. The van der Waals surface area contributed by atoms with Crippen LogP contribution >= 0.6 is 0 Å². The fraction of sp³-hybridized carbons (Fsp3) is 0.879. The van der Waals surface area contributed by atoms with E-state index in [-0.39, 0.29) is 98.4 Å². The molecule has 60 heavy (non-hydrogen) atoms. The van der Waals surface area contributed by atoms with Gasteiger partial charge >= 0.3 is 0 Å². The van der Waals surface area contributed by atoms with Crippen LogP contribution in [0.1, 0.15) is 47.0 Å². The fourth-order valence-electron chi connectivity index (χ4n) is 4.31. The van der Waals surface area contributed by atoms with E-state index in [9.17, 15) is 52.8 Å². The number of carbonyl (C=O) groups excluding carboxylic acids is 4. The number of carbonyl (C=O) groups is 4. The second kappa shape index (κ2) is 28.2. The molecule has 354 valence electrons. The Morgan fingerprint density at radius 2 is 0.667 bits per heavy atom. The molecule has 4 atom stereocenters. The van der Waals surface area contributed by atoms with Gasteiger partial charge in [-0.05, 0) is 19.3 Å². The molecule has 0 aromatic rings. The van der Waals surface area contributed by atoms with Crippen LogP contribution in [0, 0.1) is 23.7 Å². The zero-order valence-corrected chi connectivity index (χ0v) is 38.8. The molecule has 0 fully saturated rings. The standard InChI is InChI=1S/C33H64N4O19S4/c1-25(18-53-57(5,42)43)29(38)34-12-9-15-50-22-33(37-32(41)28(4)21-56-60(8,48)49,23-51-16-10-13-35-30(39)26(2)19-54-58(6,44)45)24-52-17-11-14-36-31(40)27(3)20-55-59(7,46)47/h25-28H,9-24H2,1-8H3,(H,34,38)(H,35,39)(H,36,40)(H,37,41). The molecule has 0 spiro atoms. The number of hydrogen-bond acceptors (Lipinski definition) is 19. The lowest BCUT2D eigenvalue weighted by molar-refractivity contribution is -0.132. The molecular formula is C33H64N4O19S4. The first-order valence-electron chi connectivity index (χ1n) is 18.8. The minimum absolute atomic E-state index is 0.0549. The van der Waals surface area contributed by atoms with Gasteiger partial charge in [-0.2, -0.15) is 33.7 Å². The summed E-state index contributed by atoms with van der Waals surface area (Å²) in [5.74, 6) is -5.25. The van der Waals surface area contributed by atoms with Gasteiger partial charge in [0.2, 0.25) is 23.6 Å². The Hall–Kier alpha value is -2.60. The number of hydrogen-bond donors (Lipinski definition) is 4. The summed E-state index contributed by atoms with van der Waals surface area (Å²) in [6, 6.07) is 0. The molecule has 4 unspecified atom stereocenters. The lowest BCUT2D eigenvalue weighted by atomic mass is 10.0. The summed E-state index contributed by atoms with van der Waals surface area (Å²) in [4.78, 5) is 50.5. The van der Waals surface area contributed by atoms with Crippen LogP contribution in [-0.2, 0) is 90.6 Å². The van der Waals surface area contributed by atoms with E-state index >= 15 is 0 Å². The summed E-state index contributed by atoms with van der Waals surface area (Å²) in [7, 11) is -15.1. The van der Waals surface area contributed by atoms with E-state index in [0.29, 0.717) is 0 Å². The zero-order valence-electron chi connectivity index (χ0n) is 35.5. The van der Waals surface area contributed by atoms with Gasteiger partial charge in [0.05, 0.1) is 94.9 Å². The van der Waals surface area contributed by atoms with E-state index < -0.39 is 99.9 Å². The third-order valence-electron chi connectivity index (χ3n) is 7.74. The molecule has 0 saturated carbocycles. The first-order valence-corrected chi connectivity index (χ1v) is 26.1. The second-order valence-electron chi connectivity index (χ2n) is 14.4. The average Bonchev–Trinajstić information content (AvgIpc) is 3.13. The maximum Gasteiger partial charge on any atom is 0.264 e. The molecule has 0 aliphatic rings. The molecule has 0 radical (unpaired) electrons. The molecule has 4 amide bonds. The summed E-state index contributed by atoms with van der Waals surface area (Å²) in [5, 5.41) is 10.8. The van der Waals surface area contributed by atoms with Crippen molar-refractivity contribution in [2.24, 2.45) is 23.7 Å². The van der Waals surface area contributed by atoms with Gasteiger partial charge in [0.25, 0.3) is 40.5 Å². The molecule has 27 heteroatoms. The summed E-state index contributed by atoms with van der Waals surface area (Å²) < 4.78 is 127. The molecule has 0 bridgehead atoms. The summed E-state index contributed by atoms with van der Waals surface area (Å²) in [6.07, 6.45) is 4.31. The molecular weight excluding hydrogens is 885 g/mol. The van der Waals surface area contributed by atoms with Crippen molar-refractivity contribution in [3.8, 4) is 0 Å². The van der Waals surface area contributed by atoms with E-state index in [1.165, 1.54) is 27.7 Å². The Bertz CT molecular complexity index is 1620. The van der Waals surface area contributed by atoms with Crippen LogP contribution in [-0.4, -0.2) is 174 Å². The van der Waals surface area contributed by atoms with E-state index in [0.717, 1.165) is 25.0 Å². The van der Waals surface area contributed by atoms with Gasteiger partial charge in [0, 0.05) is 39.5 Å². The topological polar surface area (TPSA) is 318 Å². The van der Waals surface area contributed by atoms with Crippen molar-refractivity contribution in [1.82, 2.24) is 21.3 Å². The van der Waals surface area contributed by atoms with Crippen molar-refractivity contribution in [2.75, 3.05) is 111 Å². The lowest BCUT2D eigenvalue weighted by Gasteiger charge is -2.35. The second-order valence-corrected chi connectivity index (χ2v) is 21.0. The van der Waals surface area contributed by atoms with Gasteiger partial charge in [0.1, 0.15) is 5.54 Å². The monoisotopic (exact) mass is 948 g/mol. The largest absolute Gasteiger partial charge is 0.379 e. The minimum atomic E-state index is -3.88. The highest BCUT2D eigenvalue weighted by molar-refractivity contribution is 7.86. The maximum absolute atomic E-state index is 13.4. The molecule has 0 aliphatic heterocycles. The highest BCUT2D eigenvalue weighted by Crippen LogP contribution is 2.13.